The van der Waals surface area contributed by atoms with Gasteiger partial charge in [-0.05, 0) is 50.0 Å². The number of nitrogens with two attached hydrogens (primary N) is 1. The van der Waals surface area contributed by atoms with Crippen LogP contribution >= 0.6 is 0 Å². The fourth-order valence-corrected chi connectivity index (χ4v) is 2.45. The predicted octanol–water partition coefficient (Wildman–Crippen LogP) is 0.670. The molecule has 22 heavy (non-hydrogen) atoms. The van der Waals surface area contributed by atoms with Crippen molar-refractivity contribution in [3.05, 3.63) is 29.8 Å². The Bertz CT molecular complexity index is 513. The summed E-state index contributed by atoms with van der Waals surface area (Å²) in [6, 6.07) is 6.64. The molecular weight excluding hydrogens is 282 g/mol. The molecule has 1 unspecified atom stereocenters. The highest BCUT2D eigenvalue weighted by molar-refractivity contribution is 5.93. The van der Waals surface area contributed by atoms with Crippen molar-refractivity contribution in [1.82, 2.24) is 10.6 Å². The number of amides is 2. The number of hydrogen-bond acceptors (Lipinski definition) is 4. The van der Waals surface area contributed by atoms with E-state index < -0.39 is 5.91 Å². The summed E-state index contributed by atoms with van der Waals surface area (Å²) >= 11 is 0. The van der Waals surface area contributed by atoms with E-state index in [4.69, 9.17) is 10.5 Å². The maximum absolute atomic E-state index is 11.8. The fourth-order valence-electron chi connectivity index (χ4n) is 2.45. The molecule has 0 spiro atoms. The van der Waals surface area contributed by atoms with Gasteiger partial charge < -0.3 is 21.1 Å². The van der Waals surface area contributed by atoms with E-state index in [1.54, 1.807) is 24.3 Å². The van der Waals surface area contributed by atoms with E-state index in [2.05, 4.69) is 10.6 Å². The molecule has 1 aliphatic heterocycles. The van der Waals surface area contributed by atoms with Gasteiger partial charge >= 0.3 is 0 Å². The summed E-state index contributed by atoms with van der Waals surface area (Å²) in [7, 11) is 0. The van der Waals surface area contributed by atoms with Crippen LogP contribution in [0.1, 0.15) is 29.6 Å². The van der Waals surface area contributed by atoms with Crippen LogP contribution in [-0.2, 0) is 4.79 Å². The van der Waals surface area contributed by atoms with Crippen molar-refractivity contribution in [1.29, 1.82) is 0 Å². The zero-order valence-corrected chi connectivity index (χ0v) is 12.6. The Labute approximate surface area is 130 Å². The molecular formula is C16H23N3O3. The molecule has 0 radical (unpaired) electrons. The SMILES string of the molecule is NC(=O)c1cccc(OCCC(=O)NCC2CCCNC2)c1. The van der Waals surface area contributed by atoms with Crippen molar-refractivity contribution in [2.24, 2.45) is 11.7 Å². The zero-order chi connectivity index (χ0) is 15.8. The van der Waals surface area contributed by atoms with Crippen molar-refractivity contribution < 1.29 is 14.3 Å². The number of rotatable bonds is 7. The van der Waals surface area contributed by atoms with Gasteiger partial charge in [-0.15, -0.1) is 0 Å². The highest BCUT2D eigenvalue weighted by Gasteiger charge is 2.13. The van der Waals surface area contributed by atoms with Crippen molar-refractivity contribution in [3.63, 3.8) is 0 Å². The zero-order valence-electron chi connectivity index (χ0n) is 12.6. The van der Waals surface area contributed by atoms with Gasteiger partial charge in [-0.25, -0.2) is 0 Å². The number of ether oxygens (including phenoxy) is 1. The lowest BCUT2D eigenvalue weighted by Gasteiger charge is -2.22. The first-order valence-electron chi connectivity index (χ1n) is 7.65. The van der Waals surface area contributed by atoms with E-state index in [0.29, 0.717) is 30.2 Å². The second-order valence-corrected chi connectivity index (χ2v) is 5.51. The standard InChI is InChI=1S/C16H23N3O3/c17-16(21)13-4-1-5-14(9-13)22-8-6-15(20)19-11-12-3-2-7-18-10-12/h1,4-5,9,12,18H,2-3,6-8,10-11H2,(H2,17,21)(H,19,20). The lowest BCUT2D eigenvalue weighted by atomic mass is 10.00. The number of hydrogen-bond donors (Lipinski definition) is 3. The molecule has 1 fully saturated rings. The minimum atomic E-state index is -0.496. The topological polar surface area (TPSA) is 93.5 Å². The Kier molecular flexibility index (Phi) is 6.21. The summed E-state index contributed by atoms with van der Waals surface area (Å²) in [5.74, 6) is 0.548. The summed E-state index contributed by atoms with van der Waals surface area (Å²) in [5, 5.41) is 6.26. The van der Waals surface area contributed by atoms with Gasteiger partial charge in [0.25, 0.3) is 0 Å². The quantitative estimate of drug-likeness (QED) is 0.690. The second-order valence-electron chi connectivity index (χ2n) is 5.51. The number of primary amides is 1. The van der Waals surface area contributed by atoms with Crippen molar-refractivity contribution in [2.75, 3.05) is 26.2 Å². The summed E-state index contributed by atoms with van der Waals surface area (Å²) in [5.41, 5.74) is 5.60. The number of benzene rings is 1. The van der Waals surface area contributed by atoms with Crippen LogP contribution in [0, 0.1) is 5.92 Å². The van der Waals surface area contributed by atoms with Crippen LogP contribution in [-0.4, -0.2) is 38.1 Å². The van der Waals surface area contributed by atoms with Crippen LogP contribution in [0.3, 0.4) is 0 Å². The molecule has 6 nitrogen and oxygen atoms in total. The largest absolute Gasteiger partial charge is 0.493 e. The third-order valence-corrected chi connectivity index (χ3v) is 3.70. The lowest BCUT2D eigenvalue weighted by molar-refractivity contribution is -0.121. The Morgan fingerprint density at radius 1 is 1.41 bits per heavy atom. The minimum absolute atomic E-state index is 0.0170. The molecule has 1 aromatic rings. The number of nitrogens with one attached hydrogen (secondary N) is 2. The molecule has 120 valence electrons. The minimum Gasteiger partial charge on any atom is -0.493 e. The Morgan fingerprint density at radius 2 is 2.27 bits per heavy atom. The maximum Gasteiger partial charge on any atom is 0.248 e. The van der Waals surface area contributed by atoms with Crippen LogP contribution in [0.4, 0.5) is 0 Å². The average Bonchev–Trinajstić information content (AvgIpc) is 2.54. The third-order valence-electron chi connectivity index (χ3n) is 3.70. The van der Waals surface area contributed by atoms with Gasteiger partial charge in [0.2, 0.25) is 11.8 Å². The van der Waals surface area contributed by atoms with Gasteiger partial charge in [0.15, 0.2) is 0 Å². The van der Waals surface area contributed by atoms with Crippen molar-refractivity contribution in [2.45, 2.75) is 19.3 Å². The summed E-state index contributed by atoms with van der Waals surface area (Å²) < 4.78 is 5.48. The van der Waals surface area contributed by atoms with E-state index in [-0.39, 0.29) is 12.5 Å². The van der Waals surface area contributed by atoms with Crippen LogP contribution in [0.2, 0.25) is 0 Å². The molecule has 1 atom stereocenters. The van der Waals surface area contributed by atoms with Gasteiger partial charge in [-0.3, -0.25) is 9.59 Å². The molecule has 1 aromatic carbocycles. The molecule has 4 N–H and O–H groups in total. The number of carbonyl (C=O) groups excluding carboxylic acids is 2. The Morgan fingerprint density at radius 3 is 3.00 bits per heavy atom. The van der Waals surface area contributed by atoms with Crippen LogP contribution < -0.4 is 21.1 Å². The Balaban J connectivity index is 1.66. The van der Waals surface area contributed by atoms with E-state index in [0.717, 1.165) is 19.5 Å². The molecule has 1 aliphatic rings. The Hall–Kier alpha value is -2.08. The first kappa shape index (κ1) is 16.3. The summed E-state index contributed by atoms with van der Waals surface area (Å²) in [6.07, 6.45) is 2.62. The van der Waals surface area contributed by atoms with Gasteiger partial charge in [0.1, 0.15) is 5.75 Å². The molecule has 6 heteroatoms. The van der Waals surface area contributed by atoms with Gasteiger partial charge in [-0.2, -0.15) is 0 Å². The average molecular weight is 305 g/mol. The molecule has 2 amide bonds. The molecule has 1 saturated heterocycles. The van der Waals surface area contributed by atoms with E-state index in [1.165, 1.54) is 6.42 Å². The molecule has 0 saturated carbocycles. The van der Waals surface area contributed by atoms with E-state index in [9.17, 15) is 9.59 Å². The molecule has 0 aromatic heterocycles. The number of piperidine rings is 1. The fraction of sp³-hybridized carbons (Fsp3) is 0.500. The molecule has 0 aliphatic carbocycles. The highest BCUT2D eigenvalue weighted by Crippen LogP contribution is 2.13. The van der Waals surface area contributed by atoms with Crippen LogP contribution in [0.15, 0.2) is 24.3 Å². The smallest absolute Gasteiger partial charge is 0.248 e. The van der Waals surface area contributed by atoms with Crippen molar-refractivity contribution >= 4 is 11.8 Å². The molecule has 1 heterocycles. The normalized spacial score (nSPS) is 17.7. The van der Waals surface area contributed by atoms with E-state index in [1.807, 2.05) is 0 Å². The van der Waals surface area contributed by atoms with Crippen LogP contribution in [0.25, 0.3) is 0 Å². The number of carbonyl (C=O) groups is 2. The van der Waals surface area contributed by atoms with Gasteiger partial charge in [0, 0.05) is 12.1 Å². The third kappa shape index (κ3) is 5.37. The van der Waals surface area contributed by atoms with Crippen LogP contribution in [0.5, 0.6) is 5.75 Å². The summed E-state index contributed by atoms with van der Waals surface area (Å²) in [6.45, 7) is 3.03. The van der Waals surface area contributed by atoms with Gasteiger partial charge in [-0.1, -0.05) is 6.07 Å². The molecule has 0 bridgehead atoms. The first-order valence-corrected chi connectivity index (χ1v) is 7.65. The predicted molar refractivity (Wildman–Crippen MR) is 83.7 cm³/mol. The van der Waals surface area contributed by atoms with Gasteiger partial charge in [0.05, 0.1) is 13.0 Å². The first-order chi connectivity index (χ1) is 10.6. The van der Waals surface area contributed by atoms with Crippen molar-refractivity contribution in [3.8, 4) is 5.75 Å². The monoisotopic (exact) mass is 305 g/mol. The maximum atomic E-state index is 11.8. The summed E-state index contributed by atoms with van der Waals surface area (Å²) in [4.78, 5) is 22.8. The van der Waals surface area contributed by atoms with E-state index >= 15 is 0 Å². The second kappa shape index (κ2) is 8.38. The highest BCUT2D eigenvalue weighted by atomic mass is 16.5. The molecule has 2 rings (SSSR count). The lowest BCUT2D eigenvalue weighted by Crippen LogP contribution is -2.38.